The number of aromatic nitrogens is 4. The number of methoxy groups -OCH3 is 3. The zero-order valence-corrected chi connectivity index (χ0v) is 19.2. The molecule has 4 rings (SSSR count). The van der Waals surface area contributed by atoms with Gasteiger partial charge in [0.25, 0.3) is 0 Å². The fourth-order valence-corrected chi connectivity index (χ4v) is 3.99. The third kappa shape index (κ3) is 3.78. The monoisotopic (exact) mass is 453 g/mol. The first kappa shape index (κ1) is 21.7. The second kappa shape index (κ2) is 8.92. The summed E-state index contributed by atoms with van der Waals surface area (Å²) in [5, 5.41) is 4.06. The average molecular weight is 454 g/mol. The van der Waals surface area contributed by atoms with E-state index in [1.165, 1.54) is 6.33 Å². The molecule has 0 saturated carbocycles. The number of anilines is 1. The van der Waals surface area contributed by atoms with Crippen LogP contribution in [0.1, 0.15) is 24.1 Å². The number of H-pyrrole nitrogens is 1. The molecule has 0 aliphatic carbocycles. The van der Waals surface area contributed by atoms with Gasteiger partial charge in [-0.3, -0.25) is 0 Å². The lowest BCUT2D eigenvalue weighted by Crippen LogP contribution is -2.11. The smallest absolute Gasteiger partial charge is 0.182 e. The fraction of sp³-hybridized carbons (Fsp3) is 0.261. The van der Waals surface area contributed by atoms with E-state index in [0.29, 0.717) is 33.7 Å². The van der Waals surface area contributed by atoms with Crippen LogP contribution in [0.3, 0.4) is 0 Å². The third-order valence-corrected chi connectivity index (χ3v) is 5.82. The van der Waals surface area contributed by atoms with Gasteiger partial charge in [0.2, 0.25) is 0 Å². The van der Waals surface area contributed by atoms with Crippen molar-refractivity contribution in [1.29, 1.82) is 0 Å². The number of aromatic amines is 1. The maximum absolute atomic E-state index is 6.67. The second-order valence-electron chi connectivity index (χ2n) is 7.24. The van der Waals surface area contributed by atoms with Crippen molar-refractivity contribution in [2.24, 2.45) is 0 Å². The summed E-state index contributed by atoms with van der Waals surface area (Å²) in [6.45, 7) is 3.99. The van der Waals surface area contributed by atoms with Gasteiger partial charge in [0.15, 0.2) is 23.0 Å². The van der Waals surface area contributed by atoms with Gasteiger partial charge in [-0.1, -0.05) is 17.7 Å². The van der Waals surface area contributed by atoms with Crippen LogP contribution in [0.4, 0.5) is 5.82 Å². The van der Waals surface area contributed by atoms with Crippen molar-refractivity contribution >= 4 is 28.6 Å². The topological polar surface area (TPSA) is 94.2 Å². The van der Waals surface area contributed by atoms with Crippen molar-refractivity contribution in [3.05, 3.63) is 53.1 Å². The Morgan fingerprint density at radius 2 is 1.78 bits per heavy atom. The SMILES string of the molecule is COc1ccc(-c2c(C)c(Cl)cc(C(C)Nc3ncnc4nc[nH]c34)c2OC)cc1OC. The van der Waals surface area contributed by atoms with E-state index in [1.54, 1.807) is 27.7 Å². The zero-order valence-electron chi connectivity index (χ0n) is 18.5. The minimum Gasteiger partial charge on any atom is -0.496 e. The zero-order chi connectivity index (χ0) is 22.8. The predicted octanol–water partition coefficient (Wildman–Crippen LogP) is 5.18. The maximum Gasteiger partial charge on any atom is 0.182 e. The van der Waals surface area contributed by atoms with E-state index in [2.05, 4.69) is 25.3 Å². The number of benzene rings is 2. The van der Waals surface area contributed by atoms with Crippen molar-refractivity contribution in [2.45, 2.75) is 19.9 Å². The number of nitrogens with zero attached hydrogens (tertiary/aromatic N) is 3. The highest BCUT2D eigenvalue weighted by Crippen LogP contribution is 2.44. The van der Waals surface area contributed by atoms with Gasteiger partial charge in [-0.2, -0.15) is 0 Å². The van der Waals surface area contributed by atoms with E-state index in [-0.39, 0.29) is 6.04 Å². The molecule has 1 unspecified atom stereocenters. The van der Waals surface area contributed by atoms with Gasteiger partial charge in [0.05, 0.1) is 33.7 Å². The van der Waals surface area contributed by atoms with Crippen LogP contribution in [-0.2, 0) is 0 Å². The normalized spacial score (nSPS) is 11.9. The standard InChI is InChI=1S/C23H24ClN5O3/c1-12-16(24)9-15(13(2)29-23-20-22(26-10-25-20)27-11-28-23)21(32-5)19(12)14-6-7-17(30-3)18(8-14)31-4/h6-11,13H,1-5H3,(H2,25,26,27,28,29). The molecule has 0 amide bonds. The van der Waals surface area contributed by atoms with Crippen LogP contribution in [0.2, 0.25) is 5.02 Å². The Morgan fingerprint density at radius 3 is 2.50 bits per heavy atom. The van der Waals surface area contributed by atoms with Gasteiger partial charge in [-0.25, -0.2) is 15.0 Å². The number of ether oxygens (including phenoxy) is 3. The average Bonchev–Trinajstić information content (AvgIpc) is 3.30. The molecule has 0 aliphatic rings. The Bertz CT molecular complexity index is 1270. The van der Waals surface area contributed by atoms with Crippen molar-refractivity contribution in [2.75, 3.05) is 26.6 Å². The van der Waals surface area contributed by atoms with Gasteiger partial charge < -0.3 is 24.5 Å². The summed E-state index contributed by atoms with van der Waals surface area (Å²) in [4.78, 5) is 15.8. The first-order chi connectivity index (χ1) is 15.5. The summed E-state index contributed by atoms with van der Waals surface area (Å²) in [7, 11) is 4.87. The molecule has 1 atom stereocenters. The summed E-state index contributed by atoms with van der Waals surface area (Å²) in [5.41, 5.74) is 4.92. The number of rotatable bonds is 7. The molecular weight excluding hydrogens is 430 g/mol. The number of imidazole rings is 1. The summed E-state index contributed by atoms with van der Waals surface area (Å²) >= 11 is 6.67. The molecule has 2 aromatic heterocycles. The lowest BCUT2D eigenvalue weighted by molar-refractivity contribution is 0.355. The molecular formula is C23H24ClN5O3. The Kier molecular flexibility index (Phi) is 6.05. The van der Waals surface area contributed by atoms with E-state index < -0.39 is 0 Å². The maximum atomic E-state index is 6.67. The predicted molar refractivity (Wildman–Crippen MR) is 125 cm³/mol. The number of hydrogen-bond donors (Lipinski definition) is 2. The van der Waals surface area contributed by atoms with E-state index in [4.69, 9.17) is 25.8 Å². The molecule has 0 spiro atoms. The highest BCUT2D eigenvalue weighted by Gasteiger charge is 2.22. The number of halogens is 1. The quantitative estimate of drug-likeness (QED) is 0.398. The highest BCUT2D eigenvalue weighted by atomic mass is 35.5. The van der Waals surface area contributed by atoms with E-state index in [0.717, 1.165) is 27.8 Å². The van der Waals surface area contributed by atoms with Crippen LogP contribution in [0, 0.1) is 6.92 Å². The Balaban J connectivity index is 1.82. The minimum absolute atomic E-state index is 0.177. The largest absolute Gasteiger partial charge is 0.496 e. The van der Waals surface area contributed by atoms with Crippen LogP contribution in [0.5, 0.6) is 17.2 Å². The molecule has 0 aliphatic heterocycles. The lowest BCUT2D eigenvalue weighted by Gasteiger charge is -2.23. The molecule has 166 valence electrons. The molecule has 2 N–H and O–H groups in total. The van der Waals surface area contributed by atoms with Crippen LogP contribution >= 0.6 is 11.6 Å². The third-order valence-electron chi connectivity index (χ3n) is 5.42. The minimum atomic E-state index is -0.177. The molecule has 0 radical (unpaired) electrons. The summed E-state index contributed by atoms with van der Waals surface area (Å²) < 4.78 is 16.8. The van der Waals surface area contributed by atoms with Gasteiger partial charge in [-0.15, -0.1) is 0 Å². The van der Waals surface area contributed by atoms with Crippen LogP contribution in [0.25, 0.3) is 22.3 Å². The first-order valence-electron chi connectivity index (χ1n) is 9.98. The van der Waals surface area contributed by atoms with Gasteiger partial charge in [-0.05, 0) is 43.2 Å². The highest BCUT2D eigenvalue weighted by molar-refractivity contribution is 6.32. The first-order valence-corrected chi connectivity index (χ1v) is 10.4. The van der Waals surface area contributed by atoms with Crippen molar-refractivity contribution in [3.63, 3.8) is 0 Å². The van der Waals surface area contributed by atoms with Crippen molar-refractivity contribution in [3.8, 4) is 28.4 Å². The molecule has 2 aromatic carbocycles. The summed E-state index contributed by atoms with van der Waals surface area (Å²) in [5.74, 6) is 2.64. The van der Waals surface area contributed by atoms with Crippen LogP contribution in [0.15, 0.2) is 36.9 Å². The molecule has 0 fully saturated rings. The summed E-state index contributed by atoms with van der Waals surface area (Å²) in [6, 6.07) is 7.49. The lowest BCUT2D eigenvalue weighted by atomic mass is 9.93. The molecule has 2 heterocycles. The molecule has 0 bridgehead atoms. The van der Waals surface area contributed by atoms with Crippen molar-refractivity contribution < 1.29 is 14.2 Å². The molecule has 32 heavy (non-hydrogen) atoms. The number of hydrogen-bond acceptors (Lipinski definition) is 7. The van der Waals surface area contributed by atoms with Crippen LogP contribution in [-0.4, -0.2) is 41.3 Å². The molecule has 9 heteroatoms. The van der Waals surface area contributed by atoms with Gasteiger partial charge in [0.1, 0.15) is 17.6 Å². The van der Waals surface area contributed by atoms with E-state index in [1.807, 2.05) is 38.1 Å². The van der Waals surface area contributed by atoms with Gasteiger partial charge in [0, 0.05) is 16.1 Å². The Hall–Kier alpha value is -3.52. The van der Waals surface area contributed by atoms with E-state index >= 15 is 0 Å². The van der Waals surface area contributed by atoms with Crippen LogP contribution < -0.4 is 19.5 Å². The Morgan fingerprint density at radius 1 is 1.00 bits per heavy atom. The fourth-order valence-electron chi connectivity index (χ4n) is 3.78. The summed E-state index contributed by atoms with van der Waals surface area (Å²) in [6.07, 6.45) is 3.07. The van der Waals surface area contributed by atoms with Gasteiger partial charge >= 0.3 is 0 Å². The second-order valence-corrected chi connectivity index (χ2v) is 7.65. The number of nitrogens with one attached hydrogen (secondary N) is 2. The van der Waals surface area contributed by atoms with Crippen molar-refractivity contribution in [1.82, 2.24) is 19.9 Å². The molecule has 4 aromatic rings. The molecule has 8 nitrogen and oxygen atoms in total. The molecule has 0 saturated heterocycles. The van der Waals surface area contributed by atoms with E-state index in [9.17, 15) is 0 Å². The Labute approximate surface area is 190 Å². The number of fused-ring (bicyclic) bond motifs is 1.